The summed E-state index contributed by atoms with van der Waals surface area (Å²) in [7, 11) is 0. The molecule has 0 aromatic heterocycles. The summed E-state index contributed by atoms with van der Waals surface area (Å²) in [4.78, 5) is 1.40. The van der Waals surface area contributed by atoms with Crippen molar-refractivity contribution in [2.45, 2.75) is 57.9 Å². The van der Waals surface area contributed by atoms with E-state index in [0.717, 1.165) is 12.5 Å². The zero-order chi connectivity index (χ0) is 14.1. The van der Waals surface area contributed by atoms with Gasteiger partial charge in [-0.25, -0.2) is 0 Å². The molecule has 2 unspecified atom stereocenters. The van der Waals surface area contributed by atoms with E-state index in [0.29, 0.717) is 6.04 Å². The molecule has 0 fully saturated rings. The summed E-state index contributed by atoms with van der Waals surface area (Å²) >= 11 is 1.98. The topological polar surface area (TPSA) is 12.0 Å². The van der Waals surface area contributed by atoms with Crippen LogP contribution < -0.4 is 5.32 Å². The number of thioether (sulfide) groups is 1. The van der Waals surface area contributed by atoms with Gasteiger partial charge in [-0.05, 0) is 44.4 Å². The SMILES string of the molecule is CCCNC(CSc1cccc(C)c1)CC(C)CC. The van der Waals surface area contributed by atoms with Gasteiger partial charge in [0, 0.05) is 16.7 Å². The van der Waals surface area contributed by atoms with Crippen molar-refractivity contribution < 1.29 is 0 Å². The molecule has 0 amide bonds. The fourth-order valence-corrected chi connectivity index (χ4v) is 3.20. The van der Waals surface area contributed by atoms with E-state index in [2.05, 4.69) is 57.3 Å². The molecule has 1 aromatic rings. The largest absolute Gasteiger partial charge is 0.313 e. The molecule has 0 spiro atoms. The molecule has 108 valence electrons. The molecule has 19 heavy (non-hydrogen) atoms. The van der Waals surface area contributed by atoms with Gasteiger partial charge in [0.15, 0.2) is 0 Å². The van der Waals surface area contributed by atoms with Gasteiger partial charge >= 0.3 is 0 Å². The smallest absolute Gasteiger partial charge is 0.0164 e. The maximum Gasteiger partial charge on any atom is 0.0164 e. The summed E-state index contributed by atoms with van der Waals surface area (Å²) in [6, 6.07) is 9.46. The van der Waals surface area contributed by atoms with Crippen LogP contribution in [0.4, 0.5) is 0 Å². The number of aryl methyl sites for hydroxylation is 1. The Morgan fingerprint density at radius 1 is 1.26 bits per heavy atom. The fraction of sp³-hybridized carbons (Fsp3) is 0.647. The van der Waals surface area contributed by atoms with Crippen LogP contribution in [0.2, 0.25) is 0 Å². The van der Waals surface area contributed by atoms with Crippen LogP contribution in [0, 0.1) is 12.8 Å². The standard InChI is InChI=1S/C17H29NS/c1-5-10-18-16(11-14(3)6-2)13-19-17-9-7-8-15(4)12-17/h7-9,12,14,16,18H,5-6,10-11,13H2,1-4H3. The lowest BCUT2D eigenvalue weighted by atomic mass is 10.0. The van der Waals surface area contributed by atoms with Crippen molar-refractivity contribution in [3.05, 3.63) is 29.8 Å². The molecule has 1 rings (SSSR count). The number of nitrogens with one attached hydrogen (secondary N) is 1. The quantitative estimate of drug-likeness (QED) is 0.646. The third-order valence-corrected chi connectivity index (χ3v) is 4.66. The van der Waals surface area contributed by atoms with E-state index in [1.54, 1.807) is 0 Å². The molecule has 0 saturated carbocycles. The molecule has 0 bridgehead atoms. The Bertz CT molecular complexity index is 351. The third kappa shape index (κ3) is 7.03. The maximum absolute atomic E-state index is 3.70. The Hall–Kier alpha value is -0.470. The van der Waals surface area contributed by atoms with Gasteiger partial charge in [-0.1, -0.05) is 44.9 Å². The van der Waals surface area contributed by atoms with Crippen LogP contribution in [-0.4, -0.2) is 18.3 Å². The van der Waals surface area contributed by atoms with Crippen molar-refractivity contribution in [1.29, 1.82) is 0 Å². The molecule has 2 heteroatoms. The van der Waals surface area contributed by atoms with Gasteiger partial charge in [-0.15, -0.1) is 11.8 Å². The average molecular weight is 279 g/mol. The molecule has 1 aromatic carbocycles. The van der Waals surface area contributed by atoms with E-state index in [1.165, 1.54) is 35.5 Å². The molecule has 0 saturated heterocycles. The summed E-state index contributed by atoms with van der Waals surface area (Å²) in [6.45, 7) is 10.2. The Morgan fingerprint density at radius 2 is 2.05 bits per heavy atom. The van der Waals surface area contributed by atoms with Gasteiger partial charge in [0.05, 0.1) is 0 Å². The summed E-state index contributed by atoms with van der Waals surface area (Å²) in [6.07, 6.45) is 3.78. The van der Waals surface area contributed by atoms with E-state index in [4.69, 9.17) is 0 Å². The summed E-state index contributed by atoms with van der Waals surface area (Å²) in [5.74, 6) is 1.99. The lowest BCUT2D eigenvalue weighted by Gasteiger charge is -2.21. The highest BCUT2D eigenvalue weighted by Gasteiger charge is 2.12. The molecule has 0 radical (unpaired) electrons. The zero-order valence-electron chi connectivity index (χ0n) is 12.9. The Balaban J connectivity index is 2.47. The highest BCUT2D eigenvalue weighted by molar-refractivity contribution is 7.99. The number of hydrogen-bond donors (Lipinski definition) is 1. The van der Waals surface area contributed by atoms with Crippen molar-refractivity contribution in [2.75, 3.05) is 12.3 Å². The second kappa shape index (κ2) is 9.44. The first-order valence-corrected chi connectivity index (χ1v) is 8.57. The van der Waals surface area contributed by atoms with Crippen LogP contribution in [0.25, 0.3) is 0 Å². The fourth-order valence-electron chi connectivity index (χ4n) is 2.11. The minimum absolute atomic E-state index is 0.639. The number of hydrogen-bond acceptors (Lipinski definition) is 2. The monoisotopic (exact) mass is 279 g/mol. The summed E-state index contributed by atoms with van der Waals surface area (Å²) in [5.41, 5.74) is 1.35. The Kier molecular flexibility index (Phi) is 8.24. The first-order valence-electron chi connectivity index (χ1n) is 7.58. The van der Waals surface area contributed by atoms with E-state index in [9.17, 15) is 0 Å². The van der Waals surface area contributed by atoms with E-state index in [1.807, 2.05) is 11.8 Å². The molecule has 0 aliphatic heterocycles. The van der Waals surface area contributed by atoms with Crippen molar-refractivity contribution in [3.8, 4) is 0 Å². The van der Waals surface area contributed by atoms with Gasteiger partial charge in [0.1, 0.15) is 0 Å². The van der Waals surface area contributed by atoms with Gasteiger partial charge in [0.25, 0.3) is 0 Å². The van der Waals surface area contributed by atoms with Gasteiger partial charge in [-0.3, -0.25) is 0 Å². The van der Waals surface area contributed by atoms with E-state index < -0.39 is 0 Å². The van der Waals surface area contributed by atoms with Crippen molar-refractivity contribution >= 4 is 11.8 Å². The Labute approximate surface area is 123 Å². The zero-order valence-corrected chi connectivity index (χ0v) is 13.7. The molecule has 2 atom stereocenters. The van der Waals surface area contributed by atoms with Crippen LogP contribution in [0.5, 0.6) is 0 Å². The normalized spacial score (nSPS) is 14.3. The van der Waals surface area contributed by atoms with Gasteiger partial charge in [0.2, 0.25) is 0 Å². The number of benzene rings is 1. The van der Waals surface area contributed by atoms with Crippen LogP contribution in [0.1, 0.15) is 45.6 Å². The van der Waals surface area contributed by atoms with Crippen LogP contribution >= 0.6 is 11.8 Å². The Morgan fingerprint density at radius 3 is 2.68 bits per heavy atom. The predicted molar refractivity (Wildman–Crippen MR) is 88.1 cm³/mol. The molecule has 1 nitrogen and oxygen atoms in total. The van der Waals surface area contributed by atoms with Gasteiger partial charge < -0.3 is 5.32 Å². The highest BCUT2D eigenvalue weighted by Crippen LogP contribution is 2.22. The van der Waals surface area contributed by atoms with Crippen LogP contribution in [0.15, 0.2) is 29.2 Å². The second-order valence-corrected chi connectivity index (χ2v) is 6.62. The van der Waals surface area contributed by atoms with Crippen molar-refractivity contribution in [2.24, 2.45) is 5.92 Å². The first-order chi connectivity index (χ1) is 9.15. The van der Waals surface area contributed by atoms with Crippen LogP contribution in [0.3, 0.4) is 0 Å². The molecule has 1 N–H and O–H groups in total. The second-order valence-electron chi connectivity index (χ2n) is 5.53. The highest BCUT2D eigenvalue weighted by atomic mass is 32.2. The molecule has 0 aliphatic carbocycles. The maximum atomic E-state index is 3.70. The molecule has 0 heterocycles. The summed E-state index contributed by atoms with van der Waals surface area (Å²) < 4.78 is 0. The molecular formula is C17H29NS. The van der Waals surface area contributed by atoms with E-state index >= 15 is 0 Å². The average Bonchev–Trinajstić information content (AvgIpc) is 2.41. The van der Waals surface area contributed by atoms with Crippen molar-refractivity contribution in [3.63, 3.8) is 0 Å². The van der Waals surface area contributed by atoms with Crippen molar-refractivity contribution in [1.82, 2.24) is 5.32 Å². The third-order valence-electron chi connectivity index (χ3n) is 3.51. The number of rotatable bonds is 9. The molecular weight excluding hydrogens is 250 g/mol. The predicted octanol–water partition coefficient (Wildman–Crippen LogP) is 4.89. The minimum atomic E-state index is 0.639. The van der Waals surface area contributed by atoms with Gasteiger partial charge in [-0.2, -0.15) is 0 Å². The summed E-state index contributed by atoms with van der Waals surface area (Å²) in [5, 5.41) is 3.70. The molecule has 0 aliphatic rings. The lowest BCUT2D eigenvalue weighted by molar-refractivity contribution is 0.417. The van der Waals surface area contributed by atoms with E-state index in [-0.39, 0.29) is 0 Å². The van der Waals surface area contributed by atoms with Crippen LogP contribution in [-0.2, 0) is 0 Å². The first kappa shape index (κ1) is 16.6. The lowest BCUT2D eigenvalue weighted by Crippen LogP contribution is -2.33. The minimum Gasteiger partial charge on any atom is -0.313 e.